The average Bonchev–Trinajstić information content (AvgIpc) is 2.78. The second-order valence-corrected chi connectivity index (χ2v) is 5.83. The normalized spacial score (nSPS) is 30.2. The first-order valence-electron chi connectivity index (χ1n) is 7.27. The van der Waals surface area contributed by atoms with Crippen LogP contribution in [-0.4, -0.2) is 28.7 Å². The molecule has 0 spiro atoms. The number of carbonyl (C=O) groups excluding carboxylic acids is 1. The third-order valence-electron chi connectivity index (χ3n) is 4.62. The highest BCUT2D eigenvalue weighted by Crippen LogP contribution is 2.39. The lowest BCUT2D eigenvalue weighted by Crippen LogP contribution is -2.38. The Labute approximate surface area is 114 Å². The van der Waals surface area contributed by atoms with Crippen molar-refractivity contribution in [1.82, 2.24) is 4.90 Å². The molecule has 19 heavy (non-hydrogen) atoms. The Morgan fingerprint density at radius 2 is 1.95 bits per heavy atom. The van der Waals surface area contributed by atoms with Crippen molar-refractivity contribution in [3.05, 3.63) is 35.9 Å². The van der Waals surface area contributed by atoms with E-state index in [4.69, 9.17) is 0 Å². The van der Waals surface area contributed by atoms with E-state index in [0.29, 0.717) is 18.3 Å². The fourth-order valence-electron chi connectivity index (χ4n) is 3.57. The quantitative estimate of drug-likeness (QED) is 0.884. The minimum atomic E-state index is -0.554. The van der Waals surface area contributed by atoms with E-state index in [1.54, 1.807) is 4.90 Å². The fourth-order valence-corrected chi connectivity index (χ4v) is 3.57. The van der Waals surface area contributed by atoms with Crippen molar-refractivity contribution < 1.29 is 9.90 Å². The van der Waals surface area contributed by atoms with Gasteiger partial charge in [0.15, 0.2) is 0 Å². The summed E-state index contributed by atoms with van der Waals surface area (Å²) in [7, 11) is 0. The maximum absolute atomic E-state index is 12.3. The number of benzene rings is 1. The smallest absolute Gasteiger partial charge is 0.229 e. The first-order chi connectivity index (χ1) is 9.25. The zero-order chi connectivity index (χ0) is 13.2. The Bertz CT molecular complexity index is 445. The molecule has 0 aromatic heterocycles. The molecule has 2 fully saturated rings. The predicted octanol–water partition coefficient (Wildman–Crippen LogP) is 2.20. The van der Waals surface area contributed by atoms with Crippen LogP contribution in [0.1, 0.15) is 31.2 Å². The third-order valence-corrected chi connectivity index (χ3v) is 4.62. The summed E-state index contributed by atoms with van der Waals surface area (Å²) in [4.78, 5) is 14.0. The molecule has 1 aliphatic heterocycles. The number of amides is 1. The van der Waals surface area contributed by atoms with Gasteiger partial charge in [0.1, 0.15) is 6.23 Å². The highest BCUT2D eigenvalue weighted by Gasteiger charge is 2.43. The SMILES string of the molecule is O=C(Cc1ccccc1)N1C[C@H]2CCCC[C@H]2[C@@H]1O. The summed E-state index contributed by atoms with van der Waals surface area (Å²) in [5.41, 5.74) is 1.02. The predicted molar refractivity (Wildman–Crippen MR) is 73.3 cm³/mol. The summed E-state index contributed by atoms with van der Waals surface area (Å²) >= 11 is 0. The van der Waals surface area contributed by atoms with Gasteiger partial charge in [-0.1, -0.05) is 43.2 Å². The molecule has 102 valence electrons. The largest absolute Gasteiger partial charge is 0.373 e. The Morgan fingerprint density at radius 3 is 2.68 bits per heavy atom. The molecule has 1 aromatic rings. The van der Waals surface area contributed by atoms with Crippen LogP contribution in [0.4, 0.5) is 0 Å². The number of aliphatic hydroxyl groups excluding tert-OH is 1. The fraction of sp³-hybridized carbons (Fsp3) is 0.562. The molecule has 1 aliphatic carbocycles. The average molecular weight is 259 g/mol. The molecule has 1 heterocycles. The summed E-state index contributed by atoms with van der Waals surface area (Å²) in [6, 6.07) is 9.78. The Balaban J connectivity index is 1.67. The van der Waals surface area contributed by atoms with Gasteiger partial charge in [0.25, 0.3) is 0 Å². The number of rotatable bonds is 2. The van der Waals surface area contributed by atoms with E-state index in [2.05, 4.69) is 0 Å². The van der Waals surface area contributed by atoms with E-state index in [1.807, 2.05) is 30.3 Å². The number of hydrogen-bond acceptors (Lipinski definition) is 2. The highest BCUT2D eigenvalue weighted by molar-refractivity contribution is 5.79. The molecule has 1 saturated heterocycles. The van der Waals surface area contributed by atoms with Gasteiger partial charge in [-0.05, 0) is 24.3 Å². The van der Waals surface area contributed by atoms with Crippen molar-refractivity contribution in [1.29, 1.82) is 0 Å². The van der Waals surface area contributed by atoms with Gasteiger partial charge >= 0.3 is 0 Å². The molecule has 3 nitrogen and oxygen atoms in total. The Hall–Kier alpha value is -1.35. The van der Waals surface area contributed by atoms with Gasteiger partial charge in [0, 0.05) is 12.5 Å². The number of nitrogens with zero attached hydrogens (tertiary/aromatic N) is 1. The van der Waals surface area contributed by atoms with Crippen molar-refractivity contribution in [3.8, 4) is 0 Å². The van der Waals surface area contributed by atoms with Crippen LogP contribution in [0.15, 0.2) is 30.3 Å². The number of aliphatic hydroxyl groups is 1. The van der Waals surface area contributed by atoms with Gasteiger partial charge in [0.05, 0.1) is 6.42 Å². The molecule has 2 aliphatic rings. The van der Waals surface area contributed by atoms with Crippen molar-refractivity contribution in [2.24, 2.45) is 11.8 Å². The van der Waals surface area contributed by atoms with E-state index < -0.39 is 6.23 Å². The summed E-state index contributed by atoms with van der Waals surface area (Å²) < 4.78 is 0. The van der Waals surface area contributed by atoms with Crippen LogP contribution in [0, 0.1) is 11.8 Å². The summed E-state index contributed by atoms with van der Waals surface area (Å²) in [6.45, 7) is 0.748. The van der Waals surface area contributed by atoms with E-state index in [1.165, 1.54) is 12.8 Å². The maximum Gasteiger partial charge on any atom is 0.229 e. The Kier molecular flexibility index (Phi) is 3.56. The number of hydrogen-bond donors (Lipinski definition) is 1. The summed E-state index contributed by atoms with van der Waals surface area (Å²) in [5, 5.41) is 10.3. The van der Waals surface area contributed by atoms with Gasteiger partial charge < -0.3 is 10.0 Å². The van der Waals surface area contributed by atoms with Gasteiger partial charge in [-0.15, -0.1) is 0 Å². The Morgan fingerprint density at radius 1 is 1.21 bits per heavy atom. The van der Waals surface area contributed by atoms with E-state index in [9.17, 15) is 9.90 Å². The standard InChI is InChI=1S/C16H21NO2/c18-15(10-12-6-2-1-3-7-12)17-11-13-8-4-5-9-14(13)16(17)19/h1-3,6-7,13-14,16,19H,4-5,8-11H2/t13-,14-,16+/m1/s1. The van der Waals surface area contributed by atoms with Gasteiger partial charge in [-0.2, -0.15) is 0 Å². The molecule has 1 N–H and O–H groups in total. The van der Waals surface area contributed by atoms with E-state index in [-0.39, 0.29) is 5.91 Å². The van der Waals surface area contributed by atoms with Gasteiger partial charge in [-0.3, -0.25) is 4.79 Å². The monoisotopic (exact) mass is 259 g/mol. The topological polar surface area (TPSA) is 40.5 Å². The molecule has 3 heteroatoms. The minimum Gasteiger partial charge on any atom is -0.373 e. The second kappa shape index (κ2) is 5.33. The van der Waals surface area contributed by atoms with E-state index in [0.717, 1.165) is 24.9 Å². The molecule has 0 radical (unpaired) electrons. The molecule has 3 rings (SSSR count). The molecular formula is C16H21NO2. The zero-order valence-electron chi connectivity index (χ0n) is 11.2. The molecular weight excluding hydrogens is 238 g/mol. The van der Waals surface area contributed by atoms with Crippen LogP contribution in [0.3, 0.4) is 0 Å². The minimum absolute atomic E-state index is 0.0631. The molecule has 3 atom stereocenters. The first-order valence-corrected chi connectivity index (χ1v) is 7.27. The number of carbonyl (C=O) groups is 1. The lowest BCUT2D eigenvalue weighted by Gasteiger charge is -2.26. The van der Waals surface area contributed by atoms with Crippen LogP contribution < -0.4 is 0 Å². The van der Waals surface area contributed by atoms with Gasteiger partial charge in [0.2, 0.25) is 5.91 Å². The molecule has 0 unspecified atom stereocenters. The van der Waals surface area contributed by atoms with E-state index >= 15 is 0 Å². The summed E-state index contributed by atoms with van der Waals surface area (Å²) in [5.74, 6) is 0.894. The number of likely N-dealkylation sites (tertiary alicyclic amines) is 1. The highest BCUT2D eigenvalue weighted by atomic mass is 16.3. The summed E-state index contributed by atoms with van der Waals surface area (Å²) in [6.07, 6.45) is 4.52. The molecule has 1 amide bonds. The maximum atomic E-state index is 12.3. The van der Waals surface area contributed by atoms with Crippen molar-refractivity contribution in [2.75, 3.05) is 6.54 Å². The lowest BCUT2D eigenvalue weighted by molar-refractivity contribution is -0.138. The second-order valence-electron chi connectivity index (χ2n) is 5.83. The van der Waals surface area contributed by atoms with Gasteiger partial charge in [-0.25, -0.2) is 0 Å². The van der Waals surface area contributed by atoms with Crippen LogP contribution >= 0.6 is 0 Å². The number of fused-ring (bicyclic) bond motifs is 1. The van der Waals surface area contributed by atoms with Crippen molar-refractivity contribution in [2.45, 2.75) is 38.3 Å². The first kappa shape index (κ1) is 12.7. The third kappa shape index (κ3) is 2.52. The van der Waals surface area contributed by atoms with Crippen LogP contribution in [0.2, 0.25) is 0 Å². The molecule has 0 bridgehead atoms. The zero-order valence-corrected chi connectivity index (χ0v) is 11.2. The molecule has 1 aromatic carbocycles. The van der Waals surface area contributed by atoms with Crippen LogP contribution in [0.5, 0.6) is 0 Å². The van der Waals surface area contributed by atoms with Crippen molar-refractivity contribution >= 4 is 5.91 Å². The van der Waals surface area contributed by atoms with Crippen LogP contribution in [0.25, 0.3) is 0 Å². The van der Waals surface area contributed by atoms with Crippen LogP contribution in [-0.2, 0) is 11.2 Å². The lowest BCUT2D eigenvalue weighted by atomic mass is 9.81. The van der Waals surface area contributed by atoms with Crippen molar-refractivity contribution in [3.63, 3.8) is 0 Å². The molecule has 1 saturated carbocycles.